The molecular formula is C20H22FN5O3S. The van der Waals surface area contributed by atoms with E-state index in [1.807, 2.05) is 4.90 Å². The van der Waals surface area contributed by atoms with Crippen molar-refractivity contribution in [1.29, 1.82) is 0 Å². The second-order valence-electron chi connectivity index (χ2n) is 7.26. The van der Waals surface area contributed by atoms with Gasteiger partial charge in [-0.05, 0) is 30.9 Å². The van der Waals surface area contributed by atoms with E-state index in [0.717, 1.165) is 30.8 Å². The van der Waals surface area contributed by atoms with Crippen molar-refractivity contribution in [2.75, 3.05) is 24.5 Å². The fourth-order valence-electron chi connectivity index (χ4n) is 3.42. The molecule has 0 unspecified atom stereocenters. The number of rotatable bonds is 6. The lowest BCUT2D eigenvalue weighted by molar-refractivity contribution is 0.398. The first-order chi connectivity index (χ1) is 14.4. The van der Waals surface area contributed by atoms with Gasteiger partial charge in [-0.25, -0.2) is 32.5 Å². The van der Waals surface area contributed by atoms with Crippen LogP contribution in [0, 0.1) is 18.7 Å². The van der Waals surface area contributed by atoms with Gasteiger partial charge in [-0.1, -0.05) is 12.1 Å². The van der Waals surface area contributed by atoms with Crippen molar-refractivity contribution in [1.82, 2.24) is 19.7 Å². The third-order valence-corrected chi connectivity index (χ3v) is 6.58. The molecule has 0 saturated carbocycles. The summed E-state index contributed by atoms with van der Waals surface area (Å²) in [5.74, 6) is 0.805. The average molecular weight is 431 g/mol. The maximum Gasteiger partial charge on any atom is 0.240 e. The standard InChI is InChI=1S/C20H22FN5O3S/c1-14-25-19(13-29-14)16-2-4-18(5-3-16)30(27,28)24-10-15-6-8-26(9-7-15)20-22-11-17(21)12-23-20/h2-5,11-13,15,24H,6-10H2,1H3. The molecule has 0 spiro atoms. The summed E-state index contributed by atoms with van der Waals surface area (Å²) in [6.07, 6.45) is 5.44. The molecule has 1 N–H and O–H groups in total. The lowest BCUT2D eigenvalue weighted by Crippen LogP contribution is -2.39. The van der Waals surface area contributed by atoms with Gasteiger partial charge in [0, 0.05) is 32.1 Å². The van der Waals surface area contributed by atoms with E-state index >= 15 is 0 Å². The third-order valence-electron chi connectivity index (χ3n) is 5.15. The minimum absolute atomic E-state index is 0.212. The fourth-order valence-corrected chi connectivity index (χ4v) is 4.53. The van der Waals surface area contributed by atoms with Crippen LogP contribution in [0.5, 0.6) is 0 Å². The molecule has 10 heteroatoms. The molecular weight excluding hydrogens is 409 g/mol. The number of aryl methyl sites for hydroxylation is 1. The Bertz CT molecular complexity index is 1090. The molecule has 30 heavy (non-hydrogen) atoms. The number of benzene rings is 1. The quantitative estimate of drug-likeness (QED) is 0.640. The third kappa shape index (κ3) is 4.65. The fraction of sp³-hybridized carbons (Fsp3) is 0.350. The first-order valence-corrected chi connectivity index (χ1v) is 11.1. The molecule has 1 fully saturated rings. The largest absolute Gasteiger partial charge is 0.449 e. The van der Waals surface area contributed by atoms with Gasteiger partial charge in [-0.2, -0.15) is 0 Å². The van der Waals surface area contributed by atoms with Crippen LogP contribution in [0.4, 0.5) is 10.3 Å². The molecule has 0 radical (unpaired) electrons. The number of nitrogens with zero attached hydrogens (tertiary/aromatic N) is 4. The number of halogens is 1. The molecule has 8 nitrogen and oxygen atoms in total. The van der Waals surface area contributed by atoms with Gasteiger partial charge in [-0.15, -0.1) is 0 Å². The Morgan fingerprint density at radius 3 is 2.43 bits per heavy atom. The number of anilines is 1. The highest BCUT2D eigenvalue weighted by molar-refractivity contribution is 7.89. The summed E-state index contributed by atoms with van der Waals surface area (Å²) in [5.41, 5.74) is 1.46. The van der Waals surface area contributed by atoms with Crippen molar-refractivity contribution in [2.45, 2.75) is 24.7 Å². The molecule has 3 aromatic rings. The van der Waals surface area contributed by atoms with E-state index in [2.05, 4.69) is 19.7 Å². The highest BCUT2D eigenvalue weighted by atomic mass is 32.2. The van der Waals surface area contributed by atoms with Crippen LogP contribution >= 0.6 is 0 Å². The van der Waals surface area contributed by atoms with Gasteiger partial charge < -0.3 is 9.32 Å². The summed E-state index contributed by atoms with van der Waals surface area (Å²) in [7, 11) is -3.60. The van der Waals surface area contributed by atoms with Crippen LogP contribution in [-0.4, -0.2) is 43.0 Å². The molecule has 158 valence electrons. The zero-order chi connectivity index (χ0) is 21.1. The maximum atomic E-state index is 13.0. The van der Waals surface area contributed by atoms with E-state index in [-0.39, 0.29) is 10.8 Å². The van der Waals surface area contributed by atoms with E-state index < -0.39 is 15.8 Å². The Labute approximate surface area is 174 Å². The summed E-state index contributed by atoms with van der Waals surface area (Å²) in [5, 5.41) is 0. The maximum absolute atomic E-state index is 13.0. The van der Waals surface area contributed by atoms with Crippen LogP contribution < -0.4 is 9.62 Å². The van der Waals surface area contributed by atoms with Gasteiger partial charge in [0.05, 0.1) is 17.3 Å². The first-order valence-electron chi connectivity index (χ1n) is 9.65. The van der Waals surface area contributed by atoms with Crippen LogP contribution in [0.1, 0.15) is 18.7 Å². The van der Waals surface area contributed by atoms with E-state index in [1.54, 1.807) is 37.5 Å². The summed E-state index contributed by atoms with van der Waals surface area (Å²) >= 11 is 0. The van der Waals surface area contributed by atoms with Crippen LogP contribution in [0.25, 0.3) is 11.3 Å². The van der Waals surface area contributed by atoms with Gasteiger partial charge in [0.15, 0.2) is 11.7 Å². The number of nitrogens with one attached hydrogen (secondary N) is 1. The van der Waals surface area contributed by atoms with Gasteiger partial charge in [0.1, 0.15) is 12.0 Å². The van der Waals surface area contributed by atoms with Crippen molar-refractivity contribution < 1.29 is 17.2 Å². The number of oxazole rings is 1. The topological polar surface area (TPSA) is 101 Å². The van der Waals surface area contributed by atoms with Crippen LogP contribution in [0.3, 0.4) is 0 Å². The second-order valence-corrected chi connectivity index (χ2v) is 9.03. The molecule has 0 atom stereocenters. The SMILES string of the molecule is Cc1nc(-c2ccc(S(=O)(=O)NCC3CCN(c4ncc(F)cn4)CC3)cc2)co1. The van der Waals surface area contributed by atoms with Gasteiger partial charge >= 0.3 is 0 Å². The van der Waals surface area contributed by atoms with Crippen molar-refractivity contribution >= 4 is 16.0 Å². The van der Waals surface area contributed by atoms with Gasteiger partial charge in [0.25, 0.3) is 0 Å². The Balaban J connectivity index is 1.31. The highest BCUT2D eigenvalue weighted by Crippen LogP contribution is 2.22. The summed E-state index contributed by atoms with van der Waals surface area (Å²) in [6, 6.07) is 6.56. The average Bonchev–Trinajstić information content (AvgIpc) is 3.20. The lowest BCUT2D eigenvalue weighted by atomic mass is 9.97. The molecule has 1 saturated heterocycles. The zero-order valence-corrected chi connectivity index (χ0v) is 17.3. The number of piperidine rings is 1. The Hall–Kier alpha value is -2.85. The smallest absolute Gasteiger partial charge is 0.240 e. The molecule has 1 aromatic carbocycles. The normalized spacial score (nSPS) is 15.5. The lowest BCUT2D eigenvalue weighted by Gasteiger charge is -2.31. The number of aromatic nitrogens is 3. The number of sulfonamides is 1. The number of hydrogen-bond acceptors (Lipinski definition) is 7. The Morgan fingerprint density at radius 2 is 1.83 bits per heavy atom. The first kappa shape index (κ1) is 20.4. The van der Waals surface area contributed by atoms with Crippen molar-refractivity contribution in [3.63, 3.8) is 0 Å². The predicted molar refractivity (Wildman–Crippen MR) is 109 cm³/mol. The molecule has 0 amide bonds. The van der Waals surface area contributed by atoms with Crippen molar-refractivity contribution in [2.24, 2.45) is 5.92 Å². The summed E-state index contributed by atoms with van der Waals surface area (Å²) in [6.45, 7) is 3.52. The predicted octanol–water partition coefficient (Wildman–Crippen LogP) is 2.77. The molecule has 0 aliphatic carbocycles. The van der Waals surface area contributed by atoms with Crippen LogP contribution in [0.2, 0.25) is 0 Å². The highest BCUT2D eigenvalue weighted by Gasteiger charge is 2.23. The molecule has 0 bridgehead atoms. The molecule has 1 aliphatic heterocycles. The zero-order valence-electron chi connectivity index (χ0n) is 16.5. The summed E-state index contributed by atoms with van der Waals surface area (Å²) < 4.78 is 46.1. The van der Waals surface area contributed by atoms with Crippen molar-refractivity contribution in [3.05, 3.63) is 54.6 Å². The van der Waals surface area contributed by atoms with E-state index in [9.17, 15) is 12.8 Å². The van der Waals surface area contributed by atoms with Crippen LogP contribution in [-0.2, 0) is 10.0 Å². The minimum Gasteiger partial charge on any atom is -0.449 e. The molecule has 4 rings (SSSR count). The van der Waals surface area contributed by atoms with E-state index in [4.69, 9.17) is 4.42 Å². The molecule has 1 aliphatic rings. The second kappa shape index (κ2) is 8.49. The van der Waals surface area contributed by atoms with E-state index in [0.29, 0.717) is 37.2 Å². The van der Waals surface area contributed by atoms with E-state index in [1.165, 1.54) is 0 Å². The van der Waals surface area contributed by atoms with Gasteiger partial charge in [0.2, 0.25) is 16.0 Å². The minimum atomic E-state index is -3.60. The molecule has 3 heterocycles. The molecule has 2 aromatic heterocycles. The van der Waals surface area contributed by atoms with Crippen LogP contribution in [0.15, 0.2) is 52.2 Å². The monoisotopic (exact) mass is 431 g/mol. The Kier molecular flexibility index (Phi) is 5.78. The van der Waals surface area contributed by atoms with Crippen molar-refractivity contribution in [3.8, 4) is 11.3 Å². The summed E-state index contributed by atoms with van der Waals surface area (Å²) in [4.78, 5) is 14.4. The Morgan fingerprint density at radius 1 is 1.17 bits per heavy atom. The van der Waals surface area contributed by atoms with Gasteiger partial charge in [-0.3, -0.25) is 0 Å². The number of hydrogen-bond donors (Lipinski definition) is 1.